The smallest absolute Gasteiger partial charge is 0.306 e. The minimum atomic E-state index is -0.791. The van der Waals surface area contributed by atoms with Gasteiger partial charge in [0.05, 0.1) is 25.2 Å². The molecule has 0 aliphatic heterocycles. The topological polar surface area (TPSA) is 95.9 Å². The maximum Gasteiger partial charge on any atom is 0.306 e. The van der Waals surface area contributed by atoms with Gasteiger partial charge >= 0.3 is 5.97 Å². The summed E-state index contributed by atoms with van der Waals surface area (Å²) in [6.45, 7) is 6.48. The number of allylic oxidation sites excluding steroid dienone is 6. The average Bonchev–Trinajstić information content (AvgIpc) is 3.30. The van der Waals surface area contributed by atoms with Crippen LogP contribution in [0, 0.1) is 0 Å². The number of unbranched alkanes of at least 4 members (excludes halogenated alkanes) is 35. The van der Waals surface area contributed by atoms with Crippen LogP contribution in [-0.4, -0.2) is 46.9 Å². The number of aliphatic hydroxyl groups excluding tert-OH is 2. The Hall–Kier alpha value is -1.92. The van der Waals surface area contributed by atoms with Gasteiger partial charge in [0, 0.05) is 6.42 Å². The Morgan fingerprint density at radius 1 is 0.446 bits per heavy atom. The predicted octanol–water partition coefficient (Wildman–Crippen LogP) is 17.6. The van der Waals surface area contributed by atoms with Crippen LogP contribution in [0.15, 0.2) is 36.5 Å². The molecule has 0 aromatic heterocycles. The molecule has 0 aliphatic rings. The van der Waals surface area contributed by atoms with Crippen LogP contribution in [0.3, 0.4) is 0 Å². The number of carbonyl (C=O) groups excluding carboxylic acids is 2. The fraction of sp³-hybridized carbons (Fsp3) is 0.864. The molecule has 0 heterocycles. The molecule has 65 heavy (non-hydrogen) atoms. The van der Waals surface area contributed by atoms with E-state index in [-0.39, 0.29) is 24.9 Å². The van der Waals surface area contributed by atoms with Crippen LogP contribution in [0.2, 0.25) is 0 Å². The van der Waals surface area contributed by atoms with Crippen molar-refractivity contribution >= 4 is 11.9 Å². The lowest BCUT2D eigenvalue weighted by Crippen LogP contribution is -2.46. The number of carbonyl (C=O) groups is 2. The molecular weight excluding hydrogens is 803 g/mol. The molecule has 3 unspecified atom stereocenters. The van der Waals surface area contributed by atoms with E-state index in [1.165, 1.54) is 193 Å². The van der Waals surface area contributed by atoms with Gasteiger partial charge in [-0.1, -0.05) is 250 Å². The fourth-order valence-corrected chi connectivity index (χ4v) is 8.83. The van der Waals surface area contributed by atoms with Gasteiger partial charge in [0.15, 0.2) is 0 Å². The van der Waals surface area contributed by atoms with Crippen molar-refractivity contribution in [1.82, 2.24) is 5.32 Å². The molecule has 0 fully saturated rings. The van der Waals surface area contributed by atoms with E-state index in [0.29, 0.717) is 19.3 Å². The zero-order valence-electron chi connectivity index (χ0n) is 43.6. The lowest BCUT2D eigenvalue weighted by Gasteiger charge is -2.24. The average molecular weight is 915 g/mol. The van der Waals surface area contributed by atoms with Crippen molar-refractivity contribution in [2.45, 2.75) is 322 Å². The lowest BCUT2D eigenvalue weighted by atomic mass is 10.0. The summed E-state index contributed by atoms with van der Waals surface area (Å²) in [6.07, 6.45) is 63.5. The summed E-state index contributed by atoms with van der Waals surface area (Å²) in [4.78, 5) is 26.3. The molecule has 0 bridgehead atoms. The Labute approximate surface area is 404 Å². The highest BCUT2D eigenvalue weighted by molar-refractivity contribution is 5.77. The van der Waals surface area contributed by atoms with Crippen LogP contribution in [0.4, 0.5) is 0 Å². The molecule has 3 atom stereocenters. The molecule has 0 radical (unpaired) electrons. The number of hydrogen-bond donors (Lipinski definition) is 3. The minimum absolute atomic E-state index is 0.0699. The van der Waals surface area contributed by atoms with E-state index in [1.807, 2.05) is 0 Å². The van der Waals surface area contributed by atoms with E-state index in [4.69, 9.17) is 4.74 Å². The van der Waals surface area contributed by atoms with E-state index in [0.717, 1.165) is 64.2 Å². The summed E-state index contributed by atoms with van der Waals surface area (Å²) in [7, 11) is 0. The van der Waals surface area contributed by atoms with Crippen LogP contribution >= 0.6 is 0 Å². The third-order valence-corrected chi connectivity index (χ3v) is 13.2. The standard InChI is InChI=1S/C59H111NO5/c1-4-7-10-13-16-19-22-25-28-31-33-36-39-42-45-48-51-57(62)56(54-61)60-58(63)53-55(50-47-44-41-38-35-32-29-26-23-20-17-14-11-8-5-2)65-59(64)52-49-46-43-40-37-34-30-27-24-21-18-15-12-9-6-3/h18,21,24,26-27,29,55-57,61-62H,4-17,19-20,22-23,25,28,30-54H2,1-3H3,(H,60,63)/b21-18+,27-24+,29-26+. The first-order valence-corrected chi connectivity index (χ1v) is 28.7. The van der Waals surface area contributed by atoms with Crippen LogP contribution in [0.5, 0.6) is 0 Å². The second-order valence-corrected chi connectivity index (χ2v) is 19.7. The summed E-state index contributed by atoms with van der Waals surface area (Å²) in [5.74, 6) is -0.482. The molecule has 382 valence electrons. The summed E-state index contributed by atoms with van der Waals surface area (Å²) in [5, 5.41) is 23.9. The molecular formula is C59H111NO5. The molecule has 0 aromatic carbocycles. The third kappa shape index (κ3) is 48.3. The molecule has 1 amide bonds. The quantitative estimate of drug-likeness (QED) is 0.0244. The van der Waals surface area contributed by atoms with Crippen molar-refractivity contribution in [2.24, 2.45) is 0 Å². The van der Waals surface area contributed by atoms with Crippen molar-refractivity contribution in [2.75, 3.05) is 6.61 Å². The largest absolute Gasteiger partial charge is 0.462 e. The summed E-state index contributed by atoms with van der Waals surface area (Å²) in [5.41, 5.74) is 0. The van der Waals surface area contributed by atoms with E-state index >= 15 is 0 Å². The minimum Gasteiger partial charge on any atom is -0.462 e. The first-order valence-electron chi connectivity index (χ1n) is 28.7. The van der Waals surface area contributed by atoms with E-state index in [9.17, 15) is 19.8 Å². The van der Waals surface area contributed by atoms with E-state index in [1.54, 1.807) is 0 Å². The molecule has 6 heteroatoms. The van der Waals surface area contributed by atoms with Crippen molar-refractivity contribution in [3.8, 4) is 0 Å². The van der Waals surface area contributed by atoms with E-state index in [2.05, 4.69) is 62.5 Å². The van der Waals surface area contributed by atoms with Gasteiger partial charge in [0.25, 0.3) is 0 Å². The van der Waals surface area contributed by atoms with Gasteiger partial charge in [-0.3, -0.25) is 9.59 Å². The monoisotopic (exact) mass is 914 g/mol. The van der Waals surface area contributed by atoms with Gasteiger partial charge in [0.1, 0.15) is 6.10 Å². The van der Waals surface area contributed by atoms with E-state index < -0.39 is 18.2 Å². The molecule has 0 spiro atoms. The Balaban J connectivity index is 4.55. The molecule has 0 rings (SSSR count). The number of amides is 1. The lowest BCUT2D eigenvalue weighted by molar-refractivity contribution is -0.151. The van der Waals surface area contributed by atoms with Crippen molar-refractivity contribution < 1.29 is 24.5 Å². The third-order valence-electron chi connectivity index (χ3n) is 13.2. The van der Waals surface area contributed by atoms with Crippen LogP contribution in [-0.2, 0) is 14.3 Å². The summed E-state index contributed by atoms with van der Waals surface area (Å²) >= 11 is 0. The maximum atomic E-state index is 13.3. The molecule has 3 N–H and O–H groups in total. The van der Waals surface area contributed by atoms with Gasteiger partial charge in [-0.25, -0.2) is 0 Å². The number of nitrogens with one attached hydrogen (secondary N) is 1. The Bertz CT molecular complexity index is 1070. The van der Waals surface area contributed by atoms with Gasteiger partial charge in [0.2, 0.25) is 5.91 Å². The van der Waals surface area contributed by atoms with Gasteiger partial charge < -0.3 is 20.3 Å². The zero-order chi connectivity index (χ0) is 47.4. The first kappa shape index (κ1) is 63.1. The number of ether oxygens (including phenoxy) is 1. The van der Waals surface area contributed by atoms with Crippen molar-refractivity contribution in [3.63, 3.8) is 0 Å². The summed E-state index contributed by atoms with van der Waals surface area (Å²) < 4.78 is 5.95. The van der Waals surface area contributed by atoms with Crippen molar-refractivity contribution in [3.05, 3.63) is 36.5 Å². The molecule has 0 saturated carbocycles. The number of rotatable bonds is 52. The van der Waals surface area contributed by atoms with Gasteiger partial charge in [-0.15, -0.1) is 0 Å². The van der Waals surface area contributed by atoms with Crippen LogP contribution in [0.1, 0.15) is 303 Å². The van der Waals surface area contributed by atoms with Gasteiger partial charge in [-0.05, 0) is 77.0 Å². The highest BCUT2D eigenvalue weighted by Crippen LogP contribution is 2.18. The Kier molecular flexibility index (Phi) is 51.5. The molecule has 0 aromatic rings. The Morgan fingerprint density at radius 3 is 1.22 bits per heavy atom. The molecule has 0 aliphatic carbocycles. The van der Waals surface area contributed by atoms with Crippen LogP contribution < -0.4 is 5.32 Å². The SMILES string of the molecule is CCCCC/C=C/C=C/CCCCCCCCC(=O)OC(CCCCCCC/C=C/CCCCCCCC)CC(=O)NC(CO)C(O)CCCCCCCCCCCCCCCCCC. The second-order valence-electron chi connectivity index (χ2n) is 19.7. The molecule has 6 nitrogen and oxygen atoms in total. The summed E-state index contributed by atoms with van der Waals surface area (Å²) in [6, 6.07) is -0.705. The Morgan fingerprint density at radius 2 is 0.785 bits per heavy atom. The maximum absolute atomic E-state index is 13.3. The zero-order valence-corrected chi connectivity index (χ0v) is 43.6. The normalized spacial score (nSPS) is 13.4. The molecule has 0 saturated heterocycles. The highest BCUT2D eigenvalue weighted by Gasteiger charge is 2.24. The fourth-order valence-electron chi connectivity index (χ4n) is 8.83. The number of hydrogen-bond acceptors (Lipinski definition) is 5. The highest BCUT2D eigenvalue weighted by atomic mass is 16.5. The van der Waals surface area contributed by atoms with Crippen LogP contribution in [0.25, 0.3) is 0 Å². The number of esters is 1. The van der Waals surface area contributed by atoms with Gasteiger partial charge in [-0.2, -0.15) is 0 Å². The number of aliphatic hydroxyl groups is 2. The first-order chi connectivity index (χ1) is 32.0. The predicted molar refractivity (Wildman–Crippen MR) is 282 cm³/mol. The second kappa shape index (κ2) is 53.0. The van der Waals surface area contributed by atoms with Crippen molar-refractivity contribution in [1.29, 1.82) is 0 Å².